The molecule has 5 heterocycles. The summed E-state index contributed by atoms with van der Waals surface area (Å²) in [6, 6.07) is 13.1. The average Bonchev–Trinajstić information content (AvgIpc) is 3.24. The van der Waals surface area contributed by atoms with E-state index in [9.17, 15) is 9.90 Å². The fourth-order valence-corrected chi connectivity index (χ4v) is 4.27. The first-order valence-electron chi connectivity index (χ1n) is 10.9. The third kappa shape index (κ3) is 3.30. The van der Waals surface area contributed by atoms with Gasteiger partial charge in [0.15, 0.2) is 5.58 Å². The molecule has 0 saturated carbocycles. The molecular weight excluding hydrogens is 420 g/mol. The lowest BCUT2D eigenvalue weighted by Gasteiger charge is -2.54. The van der Waals surface area contributed by atoms with Crippen molar-refractivity contribution in [2.75, 3.05) is 13.2 Å². The molecule has 2 saturated heterocycles. The van der Waals surface area contributed by atoms with E-state index in [1.165, 1.54) is 6.33 Å². The number of amides is 1. The van der Waals surface area contributed by atoms with Crippen LogP contribution in [0.1, 0.15) is 29.9 Å². The molecule has 0 bridgehead atoms. The highest BCUT2D eigenvalue weighted by Gasteiger charge is 2.49. The first-order chi connectivity index (χ1) is 15.9. The molecule has 166 valence electrons. The Balaban J connectivity index is 1.32. The average molecular weight is 442 g/mol. The Hall–Kier alpha value is -3.62. The molecule has 1 N–H and O–H groups in total. The number of aliphatic hydroxyl groups is 1. The van der Waals surface area contributed by atoms with E-state index in [1.54, 1.807) is 26.1 Å². The number of fused-ring (bicyclic) bond motifs is 2. The summed E-state index contributed by atoms with van der Waals surface area (Å²) in [4.78, 5) is 27.6. The summed E-state index contributed by atoms with van der Waals surface area (Å²) in [6.45, 7) is 4.68. The minimum atomic E-state index is -1.07. The van der Waals surface area contributed by atoms with E-state index >= 15 is 0 Å². The lowest BCUT2D eigenvalue weighted by Crippen LogP contribution is -2.71. The second-order valence-corrected chi connectivity index (χ2v) is 9.01. The number of pyridine rings is 1. The predicted molar refractivity (Wildman–Crippen MR) is 120 cm³/mol. The number of hydrogen-bond donors (Lipinski definition) is 1. The molecule has 8 nitrogen and oxygen atoms in total. The van der Waals surface area contributed by atoms with Gasteiger partial charge in [0, 0.05) is 35.5 Å². The summed E-state index contributed by atoms with van der Waals surface area (Å²) < 4.78 is 11.5. The van der Waals surface area contributed by atoms with Crippen LogP contribution in [0.3, 0.4) is 0 Å². The molecule has 6 rings (SSSR count). The fourth-order valence-electron chi connectivity index (χ4n) is 4.27. The molecule has 0 aliphatic carbocycles. The minimum Gasteiger partial charge on any atom is -0.452 e. The number of carbonyl (C=O) groups is 1. The van der Waals surface area contributed by atoms with E-state index in [1.807, 2.05) is 41.3 Å². The van der Waals surface area contributed by atoms with Crippen molar-refractivity contribution in [1.29, 1.82) is 0 Å². The number of hydrogen-bond acceptors (Lipinski definition) is 7. The maximum Gasteiger partial charge on any atom is 0.254 e. The molecular formula is C25H22N4O4. The van der Waals surface area contributed by atoms with Gasteiger partial charge in [-0.15, -0.1) is 0 Å². The second kappa shape index (κ2) is 7.19. The summed E-state index contributed by atoms with van der Waals surface area (Å²) in [7, 11) is 0. The van der Waals surface area contributed by atoms with Crippen LogP contribution in [0, 0.1) is 0 Å². The summed E-state index contributed by atoms with van der Waals surface area (Å²) >= 11 is 0. The highest BCUT2D eigenvalue weighted by Crippen LogP contribution is 2.34. The van der Waals surface area contributed by atoms with Crippen molar-refractivity contribution in [2.45, 2.75) is 31.6 Å². The highest BCUT2D eigenvalue weighted by atomic mass is 16.5. The summed E-state index contributed by atoms with van der Waals surface area (Å²) in [5.74, 6) is 0.670. The van der Waals surface area contributed by atoms with Gasteiger partial charge in [0.2, 0.25) is 0 Å². The molecule has 1 unspecified atom stereocenters. The molecule has 1 aromatic carbocycles. The molecule has 3 aromatic heterocycles. The summed E-state index contributed by atoms with van der Waals surface area (Å²) in [5, 5.41) is 10.3. The maximum atomic E-state index is 12.7. The second-order valence-electron chi connectivity index (χ2n) is 9.01. The molecule has 1 amide bonds. The van der Waals surface area contributed by atoms with Crippen LogP contribution in [0.2, 0.25) is 0 Å². The Bertz CT molecular complexity index is 1370. The normalized spacial score (nSPS) is 19.7. The van der Waals surface area contributed by atoms with E-state index < -0.39 is 5.60 Å². The number of aromatic nitrogens is 3. The van der Waals surface area contributed by atoms with E-state index in [-0.39, 0.29) is 18.1 Å². The van der Waals surface area contributed by atoms with Crippen LogP contribution in [0.25, 0.3) is 33.7 Å². The van der Waals surface area contributed by atoms with Gasteiger partial charge in [-0.05, 0) is 38.1 Å². The number of rotatable bonds is 4. The summed E-state index contributed by atoms with van der Waals surface area (Å²) in [6.07, 6.45) is 3.36. The fraction of sp³-hybridized carbons (Fsp3) is 0.280. The molecule has 0 spiro atoms. The number of likely N-dealkylation sites (tertiary alicyclic amines) is 1. The van der Waals surface area contributed by atoms with Crippen LogP contribution in [-0.4, -0.2) is 56.2 Å². The van der Waals surface area contributed by atoms with Crippen molar-refractivity contribution in [3.63, 3.8) is 0 Å². The van der Waals surface area contributed by atoms with Gasteiger partial charge in [0.05, 0.1) is 24.4 Å². The number of benzene rings is 1. The zero-order valence-electron chi connectivity index (χ0n) is 18.2. The third-order valence-electron chi connectivity index (χ3n) is 6.34. The number of furan rings is 1. The first kappa shape index (κ1) is 20.0. The number of carbonyl (C=O) groups excluding carboxylic acids is 1. The quantitative estimate of drug-likeness (QED) is 0.517. The van der Waals surface area contributed by atoms with Crippen molar-refractivity contribution in [3.8, 4) is 22.6 Å². The Morgan fingerprint density at radius 2 is 1.91 bits per heavy atom. The molecule has 2 atom stereocenters. The lowest BCUT2D eigenvalue weighted by molar-refractivity contribution is -0.195. The van der Waals surface area contributed by atoms with Crippen LogP contribution in [0.5, 0.6) is 0 Å². The van der Waals surface area contributed by atoms with Gasteiger partial charge < -0.3 is 19.2 Å². The lowest BCUT2D eigenvalue weighted by atomic mass is 9.93. The molecule has 4 aromatic rings. The topological polar surface area (TPSA) is 102 Å². The zero-order valence-corrected chi connectivity index (χ0v) is 18.2. The molecule has 33 heavy (non-hydrogen) atoms. The maximum absolute atomic E-state index is 12.7. The molecule has 2 fully saturated rings. The van der Waals surface area contributed by atoms with Crippen LogP contribution < -0.4 is 0 Å². The van der Waals surface area contributed by atoms with Crippen LogP contribution in [0.15, 0.2) is 59.4 Å². The van der Waals surface area contributed by atoms with Gasteiger partial charge in [-0.3, -0.25) is 9.78 Å². The Morgan fingerprint density at radius 1 is 1.09 bits per heavy atom. The molecule has 2 aliphatic rings. The Kier molecular flexibility index (Phi) is 4.36. The van der Waals surface area contributed by atoms with Crippen molar-refractivity contribution in [2.24, 2.45) is 0 Å². The standard InChI is InChI=1S/C25H22N4O4/c1-25(2,31)21-9-16(7-8-26-21)22-23-17(27-13-28-22)10-19(33-23)14-3-5-15(6-4-14)24(30)29-11-20-18(29)12-32-20/h3-10,13,18,20,31H,11-12H2,1-2H3/t18?,20-/m1/s1. The van der Waals surface area contributed by atoms with Gasteiger partial charge in [0.25, 0.3) is 5.91 Å². The van der Waals surface area contributed by atoms with Crippen molar-refractivity contribution in [1.82, 2.24) is 19.9 Å². The monoisotopic (exact) mass is 442 g/mol. The van der Waals surface area contributed by atoms with E-state index in [0.29, 0.717) is 47.0 Å². The van der Waals surface area contributed by atoms with Crippen molar-refractivity contribution >= 4 is 17.0 Å². The van der Waals surface area contributed by atoms with E-state index in [2.05, 4.69) is 15.0 Å². The number of nitrogens with zero attached hydrogens (tertiary/aromatic N) is 4. The van der Waals surface area contributed by atoms with Gasteiger partial charge in [-0.25, -0.2) is 9.97 Å². The summed E-state index contributed by atoms with van der Waals surface area (Å²) in [5.41, 5.74) is 3.60. The highest BCUT2D eigenvalue weighted by molar-refractivity contribution is 5.96. The van der Waals surface area contributed by atoms with Crippen LogP contribution in [-0.2, 0) is 10.3 Å². The van der Waals surface area contributed by atoms with Crippen LogP contribution in [0.4, 0.5) is 0 Å². The smallest absolute Gasteiger partial charge is 0.254 e. The largest absolute Gasteiger partial charge is 0.452 e. The van der Waals surface area contributed by atoms with E-state index in [0.717, 1.165) is 11.1 Å². The Labute approximate surface area is 189 Å². The van der Waals surface area contributed by atoms with Crippen LogP contribution >= 0.6 is 0 Å². The predicted octanol–water partition coefficient (Wildman–Crippen LogP) is 3.40. The number of ether oxygens (including phenoxy) is 1. The molecule has 8 heteroatoms. The molecule has 0 radical (unpaired) electrons. The molecule has 2 aliphatic heterocycles. The van der Waals surface area contributed by atoms with E-state index in [4.69, 9.17) is 9.15 Å². The van der Waals surface area contributed by atoms with Crippen molar-refractivity contribution in [3.05, 3.63) is 66.2 Å². The minimum absolute atomic E-state index is 0.0316. The number of morpholine rings is 1. The van der Waals surface area contributed by atoms with Gasteiger partial charge >= 0.3 is 0 Å². The Morgan fingerprint density at radius 3 is 2.58 bits per heavy atom. The zero-order chi connectivity index (χ0) is 22.7. The first-order valence-corrected chi connectivity index (χ1v) is 10.9. The SMILES string of the molecule is CC(C)(O)c1cc(-c2ncnc3cc(-c4ccc(C(=O)N5C[C@H]6OCC65)cc4)oc23)ccn1. The van der Waals surface area contributed by atoms with Gasteiger partial charge in [-0.2, -0.15) is 0 Å². The third-order valence-corrected chi connectivity index (χ3v) is 6.34. The van der Waals surface area contributed by atoms with Gasteiger partial charge in [-0.1, -0.05) is 12.1 Å². The van der Waals surface area contributed by atoms with Crippen molar-refractivity contribution < 1.29 is 19.1 Å². The van der Waals surface area contributed by atoms with Gasteiger partial charge in [0.1, 0.15) is 28.9 Å².